The maximum absolute atomic E-state index is 11.8. The number of carbonyl (C=O) groups is 1. The molecule has 1 amide bonds. The summed E-state index contributed by atoms with van der Waals surface area (Å²) >= 11 is 1.07. The highest BCUT2D eigenvalue weighted by Crippen LogP contribution is 2.06. The molecule has 0 fully saturated rings. The topological polar surface area (TPSA) is 86.9 Å². The number of nitrogens with one attached hydrogen (secondary N) is 3. The van der Waals surface area contributed by atoms with E-state index < -0.39 is 0 Å². The molecule has 0 radical (unpaired) electrons. The van der Waals surface area contributed by atoms with Crippen LogP contribution in [0.2, 0.25) is 0 Å². The summed E-state index contributed by atoms with van der Waals surface area (Å²) in [6.45, 7) is 0.281. The maximum atomic E-state index is 11.8. The molecular formula is C11H12N4O2S. The lowest BCUT2D eigenvalue weighted by Crippen LogP contribution is -2.24. The Bertz CT molecular complexity index is 605. The first kappa shape index (κ1) is 12.3. The average Bonchev–Trinajstić information content (AvgIpc) is 2.82. The Labute approximate surface area is 107 Å². The average molecular weight is 264 g/mol. The van der Waals surface area contributed by atoms with Gasteiger partial charge in [0.25, 0.3) is 5.91 Å². The molecule has 0 saturated heterocycles. The molecule has 18 heavy (non-hydrogen) atoms. The molecule has 2 rings (SSSR count). The van der Waals surface area contributed by atoms with Crippen molar-refractivity contribution in [1.29, 1.82) is 0 Å². The summed E-state index contributed by atoms with van der Waals surface area (Å²) in [5.41, 5.74) is 1.83. The predicted octanol–water partition coefficient (Wildman–Crippen LogP) is 0.803. The zero-order valence-electron chi connectivity index (χ0n) is 9.69. The van der Waals surface area contributed by atoms with E-state index in [1.165, 1.54) is 0 Å². The van der Waals surface area contributed by atoms with Crippen molar-refractivity contribution in [1.82, 2.24) is 15.3 Å². The third-order valence-electron chi connectivity index (χ3n) is 2.29. The number of rotatable bonds is 4. The number of hydrogen-bond acceptors (Lipinski definition) is 5. The molecule has 2 aromatic rings. The fourth-order valence-corrected chi connectivity index (χ4v) is 1.96. The Hall–Kier alpha value is -2.15. The van der Waals surface area contributed by atoms with Crippen LogP contribution in [0.5, 0.6) is 0 Å². The molecule has 7 heteroatoms. The number of amides is 1. The summed E-state index contributed by atoms with van der Waals surface area (Å²) in [5.74, 6) is -0.279. The Morgan fingerprint density at radius 3 is 3.06 bits per heavy atom. The molecule has 0 spiro atoms. The first-order chi connectivity index (χ1) is 8.69. The van der Waals surface area contributed by atoms with E-state index in [1.807, 2.05) is 0 Å². The smallest absolute Gasteiger partial charge is 0.304 e. The molecule has 0 atom stereocenters. The third kappa shape index (κ3) is 2.95. The van der Waals surface area contributed by atoms with Crippen LogP contribution in [0.15, 0.2) is 28.5 Å². The SMILES string of the molecule is CNc1ccnc(C(=O)NCc2csc(=O)[nH]2)c1. The summed E-state index contributed by atoms with van der Waals surface area (Å²) in [7, 11) is 1.77. The van der Waals surface area contributed by atoms with E-state index in [1.54, 1.807) is 30.8 Å². The summed E-state index contributed by atoms with van der Waals surface area (Å²) in [6, 6.07) is 3.43. The Balaban J connectivity index is 2.01. The molecule has 0 aromatic carbocycles. The number of thiazole rings is 1. The van der Waals surface area contributed by atoms with Crippen molar-refractivity contribution in [2.45, 2.75) is 6.54 Å². The van der Waals surface area contributed by atoms with Gasteiger partial charge in [-0.2, -0.15) is 0 Å². The van der Waals surface area contributed by atoms with E-state index in [2.05, 4.69) is 20.6 Å². The number of hydrogen-bond donors (Lipinski definition) is 3. The maximum Gasteiger partial charge on any atom is 0.304 e. The molecule has 0 unspecified atom stereocenters. The summed E-state index contributed by atoms with van der Waals surface area (Å²) in [5, 5.41) is 7.30. The zero-order valence-corrected chi connectivity index (χ0v) is 10.5. The highest BCUT2D eigenvalue weighted by molar-refractivity contribution is 7.07. The van der Waals surface area contributed by atoms with Crippen molar-refractivity contribution in [2.75, 3.05) is 12.4 Å². The fraction of sp³-hybridized carbons (Fsp3) is 0.182. The minimum atomic E-state index is -0.279. The van der Waals surface area contributed by atoms with Crippen LogP contribution in [0.4, 0.5) is 5.69 Å². The largest absolute Gasteiger partial charge is 0.388 e. The predicted molar refractivity (Wildman–Crippen MR) is 69.9 cm³/mol. The van der Waals surface area contributed by atoms with Gasteiger partial charge in [-0.15, -0.1) is 0 Å². The molecule has 0 aliphatic carbocycles. The van der Waals surface area contributed by atoms with Crippen LogP contribution in [0.1, 0.15) is 16.2 Å². The van der Waals surface area contributed by atoms with Crippen LogP contribution in [-0.4, -0.2) is 22.9 Å². The molecule has 3 N–H and O–H groups in total. The molecule has 2 aromatic heterocycles. The van der Waals surface area contributed by atoms with Gasteiger partial charge in [-0.3, -0.25) is 14.6 Å². The van der Waals surface area contributed by atoms with Crippen molar-refractivity contribution in [3.05, 3.63) is 44.8 Å². The lowest BCUT2D eigenvalue weighted by atomic mass is 10.3. The number of H-pyrrole nitrogens is 1. The van der Waals surface area contributed by atoms with E-state index in [0.29, 0.717) is 11.4 Å². The second-order valence-corrected chi connectivity index (χ2v) is 4.38. The van der Waals surface area contributed by atoms with E-state index in [4.69, 9.17) is 0 Å². The van der Waals surface area contributed by atoms with Gasteiger partial charge in [0.05, 0.1) is 6.54 Å². The zero-order chi connectivity index (χ0) is 13.0. The summed E-state index contributed by atoms with van der Waals surface area (Å²) < 4.78 is 0. The van der Waals surface area contributed by atoms with Crippen LogP contribution in [0.3, 0.4) is 0 Å². The summed E-state index contributed by atoms with van der Waals surface area (Å²) in [4.78, 5) is 29.2. The van der Waals surface area contributed by atoms with E-state index >= 15 is 0 Å². The number of pyridine rings is 1. The second kappa shape index (κ2) is 5.46. The van der Waals surface area contributed by atoms with Crippen molar-refractivity contribution in [3.63, 3.8) is 0 Å². The number of aromatic nitrogens is 2. The lowest BCUT2D eigenvalue weighted by molar-refractivity contribution is 0.0945. The lowest BCUT2D eigenvalue weighted by Gasteiger charge is -2.04. The molecular weight excluding hydrogens is 252 g/mol. The van der Waals surface area contributed by atoms with Gasteiger partial charge in [0, 0.05) is 30.0 Å². The normalized spacial score (nSPS) is 10.1. The molecule has 0 aliphatic heterocycles. The minimum absolute atomic E-state index is 0.130. The van der Waals surface area contributed by atoms with Gasteiger partial charge in [0.15, 0.2) is 0 Å². The van der Waals surface area contributed by atoms with Crippen LogP contribution in [-0.2, 0) is 6.54 Å². The van der Waals surface area contributed by atoms with Gasteiger partial charge in [-0.1, -0.05) is 11.3 Å². The molecule has 0 aliphatic rings. The Kier molecular flexibility index (Phi) is 3.73. The quantitative estimate of drug-likeness (QED) is 0.762. The first-order valence-electron chi connectivity index (χ1n) is 5.28. The van der Waals surface area contributed by atoms with Crippen LogP contribution < -0.4 is 15.5 Å². The molecule has 2 heterocycles. The van der Waals surface area contributed by atoms with E-state index in [-0.39, 0.29) is 17.3 Å². The molecule has 0 saturated carbocycles. The highest BCUT2D eigenvalue weighted by Gasteiger charge is 2.07. The molecule has 94 valence electrons. The van der Waals surface area contributed by atoms with Gasteiger partial charge >= 0.3 is 4.87 Å². The molecule has 6 nitrogen and oxygen atoms in total. The van der Waals surface area contributed by atoms with Gasteiger partial charge in [-0.25, -0.2) is 0 Å². The molecule has 0 bridgehead atoms. The Morgan fingerprint density at radius 1 is 1.56 bits per heavy atom. The second-order valence-electron chi connectivity index (χ2n) is 3.54. The van der Waals surface area contributed by atoms with Crippen molar-refractivity contribution < 1.29 is 4.79 Å². The number of nitrogens with zero attached hydrogens (tertiary/aromatic N) is 1. The standard InChI is InChI=1S/C11H12N4O2S/c1-12-7-2-3-13-9(4-7)10(16)14-5-8-6-18-11(17)15-8/h2-4,6H,5H2,1H3,(H,12,13)(H,14,16)(H,15,17). The number of carbonyl (C=O) groups excluding carboxylic acids is 1. The Morgan fingerprint density at radius 2 is 2.39 bits per heavy atom. The number of aromatic amines is 1. The van der Waals surface area contributed by atoms with Crippen molar-refractivity contribution in [3.8, 4) is 0 Å². The van der Waals surface area contributed by atoms with Gasteiger partial charge < -0.3 is 15.6 Å². The number of anilines is 1. The van der Waals surface area contributed by atoms with Crippen molar-refractivity contribution >= 4 is 22.9 Å². The van der Waals surface area contributed by atoms with Crippen LogP contribution in [0.25, 0.3) is 0 Å². The van der Waals surface area contributed by atoms with Crippen molar-refractivity contribution in [2.24, 2.45) is 0 Å². The van der Waals surface area contributed by atoms with Gasteiger partial charge in [0.1, 0.15) is 5.69 Å². The van der Waals surface area contributed by atoms with E-state index in [0.717, 1.165) is 17.0 Å². The summed E-state index contributed by atoms with van der Waals surface area (Å²) in [6.07, 6.45) is 1.56. The minimum Gasteiger partial charge on any atom is -0.388 e. The van der Waals surface area contributed by atoms with E-state index in [9.17, 15) is 9.59 Å². The fourth-order valence-electron chi connectivity index (χ4n) is 1.38. The van der Waals surface area contributed by atoms with Gasteiger partial charge in [0.2, 0.25) is 0 Å². The van der Waals surface area contributed by atoms with Crippen LogP contribution in [0, 0.1) is 0 Å². The first-order valence-corrected chi connectivity index (χ1v) is 6.15. The monoisotopic (exact) mass is 264 g/mol. The highest BCUT2D eigenvalue weighted by atomic mass is 32.1. The van der Waals surface area contributed by atoms with Crippen LogP contribution >= 0.6 is 11.3 Å². The van der Waals surface area contributed by atoms with Gasteiger partial charge in [-0.05, 0) is 12.1 Å². The third-order valence-corrected chi connectivity index (χ3v) is 3.01.